The fraction of sp³-hybridized carbons (Fsp3) is 0.200. The van der Waals surface area contributed by atoms with E-state index in [-0.39, 0.29) is 0 Å². The number of aromatic nitrogens is 2. The van der Waals surface area contributed by atoms with Crippen molar-refractivity contribution in [1.82, 2.24) is 9.97 Å². The van der Waals surface area contributed by atoms with E-state index in [1.807, 2.05) is 30.3 Å². The molecule has 0 radical (unpaired) electrons. The fourth-order valence-corrected chi connectivity index (χ4v) is 2.68. The van der Waals surface area contributed by atoms with Gasteiger partial charge in [-0.15, -0.1) is 0 Å². The number of hydrogen-bond donors (Lipinski definition) is 0. The summed E-state index contributed by atoms with van der Waals surface area (Å²) in [5.74, 6) is 2.04. The summed E-state index contributed by atoms with van der Waals surface area (Å²) in [5, 5.41) is 0. The van der Waals surface area contributed by atoms with Crippen molar-refractivity contribution in [3.05, 3.63) is 66.1 Å². The maximum atomic E-state index is 6.05. The molecule has 1 aromatic carbocycles. The first-order chi connectivity index (χ1) is 11.7. The molecule has 0 saturated carbocycles. The van der Waals surface area contributed by atoms with E-state index in [1.165, 1.54) is 11.1 Å². The molecule has 4 heteroatoms. The first-order valence-corrected chi connectivity index (χ1v) is 7.93. The average Bonchev–Trinajstić information content (AvgIpc) is 2.62. The van der Waals surface area contributed by atoms with Gasteiger partial charge in [0.25, 0.3) is 0 Å². The lowest BCUT2D eigenvalue weighted by Crippen LogP contribution is -1.95. The van der Waals surface area contributed by atoms with Crippen molar-refractivity contribution in [2.75, 3.05) is 7.11 Å². The van der Waals surface area contributed by atoms with Gasteiger partial charge in [-0.2, -0.15) is 0 Å². The van der Waals surface area contributed by atoms with Gasteiger partial charge >= 0.3 is 0 Å². The average molecular weight is 320 g/mol. The lowest BCUT2D eigenvalue weighted by Gasteiger charge is -2.13. The molecule has 0 saturated heterocycles. The summed E-state index contributed by atoms with van der Waals surface area (Å²) in [4.78, 5) is 8.58. The first kappa shape index (κ1) is 16.0. The molecule has 24 heavy (non-hydrogen) atoms. The lowest BCUT2D eigenvalue weighted by molar-refractivity contribution is 0.415. The number of aryl methyl sites for hydroxylation is 2. The molecule has 3 aromatic rings. The number of rotatable bonds is 5. The Bertz CT molecular complexity index is 847. The Morgan fingerprint density at radius 2 is 1.92 bits per heavy atom. The van der Waals surface area contributed by atoms with Crippen molar-refractivity contribution >= 4 is 0 Å². The second-order valence-corrected chi connectivity index (χ2v) is 5.48. The molecule has 0 atom stereocenters. The van der Waals surface area contributed by atoms with E-state index in [9.17, 15) is 0 Å². The molecule has 0 unspecified atom stereocenters. The molecule has 4 nitrogen and oxygen atoms in total. The second-order valence-electron chi connectivity index (χ2n) is 5.48. The Morgan fingerprint density at radius 1 is 1.04 bits per heavy atom. The van der Waals surface area contributed by atoms with Gasteiger partial charge in [0.15, 0.2) is 0 Å². The van der Waals surface area contributed by atoms with Crippen LogP contribution in [0.3, 0.4) is 0 Å². The normalized spacial score (nSPS) is 10.5. The van der Waals surface area contributed by atoms with Crippen LogP contribution in [0.1, 0.15) is 18.1 Å². The highest BCUT2D eigenvalue weighted by molar-refractivity contribution is 5.73. The summed E-state index contributed by atoms with van der Waals surface area (Å²) < 4.78 is 11.5. The van der Waals surface area contributed by atoms with E-state index in [4.69, 9.17) is 9.47 Å². The van der Waals surface area contributed by atoms with Gasteiger partial charge in [0.1, 0.15) is 11.5 Å². The summed E-state index contributed by atoms with van der Waals surface area (Å²) >= 11 is 0. The van der Waals surface area contributed by atoms with Crippen molar-refractivity contribution in [2.24, 2.45) is 0 Å². The topological polar surface area (TPSA) is 44.2 Å². The third-order valence-corrected chi connectivity index (χ3v) is 3.97. The molecule has 0 fully saturated rings. The zero-order chi connectivity index (χ0) is 16.9. The minimum Gasteiger partial charge on any atom is -0.496 e. The minimum absolute atomic E-state index is 0.535. The minimum atomic E-state index is 0.535. The van der Waals surface area contributed by atoms with E-state index in [0.29, 0.717) is 5.88 Å². The van der Waals surface area contributed by atoms with Crippen LogP contribution in [-0.2, 0) is 6.42 Å². The van der Waals surface area contributed by atoms with Crippen LogP contribution < -0.4 is 9.47 Å². The summed E-state index contributed by atoms with van der Waals surface area (Å²) in [6, 6.07) is 11.8. The van der Waals surface area contributed by atoms with Crippen LogP contribution in [0.15, 0.2) is 55.0 Å². The van der Waals surface area contributed by atoms with E-state index < -0.39 is 0 Å². The highest BCUT2D eigenvalue weighted by atomic mass is 16.5. The van der Waals surface area contributed by atoms with Crippen molar-refractivity contribution < 1.29 is 9.47 Å². The summed E-state index contributed by atoms with van der Waals surface area (Å²) in [6.07, 6.45) is 6.18. The Kier molecular flexibility index (Phi) is 4.75. The van der Waals surface area contributed by atoms with Gasteiger partial charge in [0, 0.05) is 29.7 Å². The molecular formula is C20H20N2O2. The zero-order valence-corrected chi connectivity index (χ0v) is 14.1. The van der Waals surface area contributed by atoms with Gasteiger partial charge in [0.2, 0.25) is 5.88 Å². The Balaban J connectivity index is 2.00. The van der Waals surface area contributed by atoms with Gasteiger partial charge in [0.05, 0.1) is 7.11 Å². The van der Waals surface area contributed by atoms with Crippen LogP contribution in [0.4, 0.5) is 0 Å². The third-order valence-electron chi connectivity index (χ3n) is 3.97. The second kappa shape index (κ2) is 7.13. The van der Waals surface area contributed by atoms with Crippen LogP contribution in [0.5, 0.6) is 17.4 Å². The molecule has 0 aliphatic rings. The molecule has 122 valence electrons. The molecule has 0 aliphatic heterocycles. The number of methoxy groups -OCH3 is 1. The molecule has 3 rings (SSSR count). The van der Waals surface area contributed by atoms with Crippen LogP contribution in [-0.4, -0.2) is 17.1 Å². The fourth-order valence-electron chi connectivity index (χ4n) is 2.68. The Morgan fingerprint density at radius 3 is 2.67 bits per heavy atom. The molecule has 0 spiro atoms. The van der Waals surface area contributed by atoms with Crippen LogP contribution in [0.25, 0.3) is 11.1 Å². The van der Waals surface area contributed by atoms with Gasteiger partial charge in [-0.05, 0) is 54.8 Å². The standard InChI is InChI=1S/C20H20N2O2/c1-4-15-7-8-16(12-14(15)2)24-20-17(6-5-10-22-20)18-13-21-11-9-19(18)23-3/h5-13H,4H2,1-3H3. The first-order valence-electron chi connectivity index (χ1n) is 7.93. The largest absolute Gasteiger partial charge is 0.496 e. The highest BCUT2D eigenvalue weighted by Gasteiger charge is 2.13. The van der Waals surface area contributed by atoms with Gasteiger partial charge in [-0.3, -0.25) is 4.98 Å². The maximum Gasteiger partial charge on any atom is 0.227 e. The molecule has 0 aliphatic carbocycles. The third kappa shape index (κ3) is 3.23. The van der Waals surface area contributed by atoms with E-state index in [0.717, 1.165) is 29.0 Å². The monoisotopic (exact) mass is 320 g/mol. The molecule has 2 heterocycles. The molecule has 0 bridgehead atoms. The van der Waals surface area contributed by atoms with Crippen LogP contribution in [0, 0.1) is 6.92 Å². The number of pyridine rings is 2. The number of benzene rings is 1. The molecular weight excluding hydrogens is 300 g/mol. The van der Waals surface area contributed by atoms with Crippen molar-refractivity contribution in [2.45, 2.75) is 20.3 Å². The van der Waals surface area contributed by atoms with Crippen LogP contribution >= 0.6 is 0 Å². The Labute approximate surface area is 142 Å². The smallest absolute Gasteiger partial charge is 0.227 e. The van der Waals surface area contributed by atoms with E-state index in [1.54, 1.807) is 25.7 Å². The number of ether oxygens (including phenoxy) is 2. The molecule has 0 amide bonds. The maximum absolute atomic E-state index is 6.05. The SMILES string of the molecule is CCc1ccc(Oc2ncccc2-c2cnccc2OC)cc1C. The predicted octanol–water partition coefficient (Wildman–Crippen LogP) is 4.82. The summed E-state index contributed by atoms with van der Waals surface area (Å²) in [5.41, 5.74) is 4.23. The summed E-state index contributed by atoms with van der Waals surface area (Å²) in [7, 11) is 1.64. The lowest BCUT2D eigenvalue weighted by atomic mass is 10.1. The van der Waals surface area contributed by atoms with Gasteiger partial charge < -0.3 is 9.47 Å². The van der Waals surface area contributed by atoms with Crippen molar-refractivity contribution in [1.29, 1.82) is 0 Å². The van der Waals surface area contributed by atoms with Crippen LogP contribution in [0.2, 0.25) is 0 Å². The van der Waals surface area contributed by atoms with E-state index in [2.05, 4.69) is 29.9 Å². The summed E-state index contributed by atoms with van der Waals surface area (Å²) in [6.45, 7) is 4.24. The van der Waals surface area contributed by atoms with E-state index >= 15 is 0 Å². The highest BCUT2D eigenvalue weighted by Crippen LogP contribution is 2.36. The number of hydrogen-bond acceptors (Lipinski definition) is 4. The van der Waals surface area contributed by atoms with Gasteiger partial charge in [-0.1, -0.05) is 13.0 Å². The zero-order valence-electron chi connectivity index (χ0n) is 14.1. The van der Waals surface area contributed by atoms with Gasteiger partial charge in [-0.25, -0.2) is 4.98 Å². The number of nitrogens with zero attached hydrogens (tertiary/aromatic N) is 2. The quantitative estimate of drug-likeness (QED) is 0.676. The Hall–Kier alpha value is -2.88. The van der Waals surface area contributed by atoms with Crippen molar-refractivity contribution in [3.63, 3.8) is 0 Å². The molecule has 0 N–H and O–H groups in total. The molecule has 2 aromatic heterocycles. The van der Waals surface area contributed by atoms with Crippen molar-refractivity contribution in [3.8, 4) is 28.5 Å². The predicted molar refractivity (Wildman–Crippen MR) is 94.7 cm³/mol.